The first kappa shape index (κ1) is 13.6. The second-order valence-corrected chi connectivity index (χ2v) is 3.36. The van der Waals surface area contributed by atoms with Gasteiger partial charge in [-0.15, -0.1) is 0 Å². The lowest BCUT2D eigenvalue weighted by molar-refractivity contribution is -0.117. The van der Waals surface area contributed by atoms with Crippen molar-refractivity contribution in [3.8, 4) is 0 Å². The van der Waals surface area contributed by atoms with Gasteiger partial charge in [0.15, 0.2) is 0 Å². The minimum atomic E-state index is 0.289. The van der Waals surface area contributed by atoms with Crippen molar-refractivity contribution < 1.29 is 4.79 Å². The molecule has 1 nitrogen and oxygen atoms in total. The Bertz CT molecular complexity index is 285. The second kappa shape index (κ2) is 9.20. The topological polar surface area (TPSA) is 17.1 Å². The quantitative estimate of drug-likeness (QED) is 0.724. The molecule has 0 saturated heterocycles. The molecule has 0 heterocycles. The smallest absolute Gasteiger partial charge is 0.129 e. The molecule has 0 spiro atoms. The number of hydrogen-bond donors (Lipinski definition) is 0. The average molecular weight is 204 g/mol. The van der Waals surface area contributed by atoms with Gasteiger partial charge in [-0.1, -0.05) is 49.4 Å². The number of Topliss-reactive ketones (excluding diaryl/α,β-unsaturated/α-hetero) is 1. The molecule has 0 saturated carbocycles. The summed E-state index contributed by atoms with van der Waals surface area (Å²) in [6.45, 7) is 5.64. The van der Waals surface area contributed by atoms with Gasteiger partial charge < -0.3 is 4.79 Å². The summed E-state index contributed by atoms with van der Waals surface area (Å²) in [6.07, 6.45) is 5.84. The molecule has 0 unspecified atom stereocenters. The molecule has 0 N–H and O–H groups in total. The van der Waals surface area contributed by atoms with Crippen LogP contribution in [0.25, 0.3) is 6.08 Å². The fraction of sp³-hybridized carbons (Fsp3) is 0.357. The van der Waals surface area contributed by atoms with Crippen molar-refractivity contribution in [2.24, 2.45) is 0 Å². The summed E-state index contributed by atoms with van der Waals surface area (Å²) in [6, 6.07) is 10.3. The summed E-state index contributed by atoms with van der Waals surface area (Å²) >= 11 is 0. The normalized spacial score (nSPS) is 9.53. The maximum atomic E-state index is 10.0. The van der Waals surface area contributed by atoms with E-state index in [1.165, 1.54) is 5.56 Å². The summed E-state index contributed by atoms with van der Waals surface area (Å²) in [7, 11) is 0. The van der Waals surface area contributed by atoms with E-state index >= 15 is 0 Å². The summed E-state index contributed by atoms with van der Waals surface area (Å²) in [5.74, 6) is 0.289. The molecule has 0 fully saturated rings. The fourth-order valence-electron chi connectivity index (χ4n) is 1.11. The molecule has 1 rings (SSSR count). The predicted molar refractivity (Wildman–Crippen MR) is 66.7 cm³/mol. The van der Waals surface area contributed by atoms with Crippen molar-refractivity contribution in [3.05, 3.63) is 42.0 Å². The minimum Gasteiger partial charge on any atom is -0.300 e. The first-order valence-corrected chi connectivity index (χ1v) is 5.37. The number of carbonyl (C=O) groups is 1. The Labute approximate surface area is 92.8 Å². The predicted octanol–water partition coefficient (Wildman–Crippen LogP) is 4.10. The van der Waals surface area contributed by atoms with E-state index < -0.39 is 0 Å². The third-order valence-corrected chi connectivity index (χ3v) is 1.76. The van der Waals surface area contributed by atoms with E-state index in [1.807, 2.05) is 38.1 Å². The van der Waals surface area contributed by atoms with E-state index in [4.69, 9.17) is 0 Å². The van der Waals surface area contributed by atoms with E-state index in [1.54, 1.807) is 6.92 Å². The van der Waals surface area contributed by atoms with Crippen LogP contribution in [-0.4, -0.2) is 5.78 Å². The van der Waals surface area contributed by atoms with Crippen molar-refractivity contribution in [2.75, 3.05) is 0 Å². The molecule has 0 aliphatic rings. The zero-order valence-electron chi connectivity index (χ0n) is 9.86. The summed E-state index contributed by atoms with van der Waals surface area (Å²) in [5, 5.41) is 0. The Hall–Kier alpha value is -1.37. The molecule has 0 amide bonds. The number of benzene rings is 1. The maximum absolute atomic E-state index is 10.0. The van der Waals surface area contributed by atoms with Crippen LogP contribution >= 0.6 is 0 Å². The Morgan fingerprint density at radius 1 is 1.27 bits per heavy atom. The third kappa shape index (κ3) is 8.95. The number of ketones is 1. The van der Waals surface area contributed by atoms with Gasteiger partial charge in [0.2, 0.25) is 0 Å². The lowest BCUT2D eigenvalue weighted by atomic mass is 10.2. The van der Waals surface area contributed by atoms with Crippen LogP contribution in [0.3, 0.4) is 0 Å². The van der Waals surface area contributed by atoms with Crippen LogP contribution in [0.1, 0.15) is 39.2 Å². The van der Waals surface area contributed by atoms with E-state index in [0.29, 0.717) is 0 Å². The van der Waals surface area contributed by atoms with Crippen LogP contribution in [0.15, 0.2) is 36.4 Å². The molecule has 0 aliphatic carbocycles. The molecule has 82 valence electrons. The summed E-state index contributed by atoms with van der Waals surface area (Å²) in [4.78, 5) is 10.0. The monoisotopic (exact) mass is 204 g/mol. The van der Waals surface area contributed by atoms with Gasteiger partial charge in [-0.25, -0.2) is 0 Å². The summed E-state index contributed by atoms with van der Waals surface area (Å²) < 4.78 is 0. The number of rotatable bonds is 3. The largest absolute Gasteiger partial charge is 0.300 e. The Kier molecular flexibility index (Phi) is 8.36. The SMILES string of the molecule is CC=Cc1ccccc1.CCCC(C)=O. The van der Waals surface area contributed by atoms with E-state index in [9.17, 15) is 4.79 Å². The van der Waals surface area contributed by atoms with Gasteiger partial charge in [-0.05, 0) is 25.8 Å². The third-order valence-electron chi connectivity index (χ3n) is 1.76. The van der Waals surface area contributed by atoms with Crippen molar-refractivity contribution in [1.29, 1.82) is 0 Å². The van der Waals surface area contributed by atoms with Crippen molar-refractivity contribution in [2.45, 2.75) is 33.6 Å². The highest BCUT2D eigenvalue weighted by molar-refractivity contribution is 5.75. The van der Waals surface area contributed by atoms with E-state index in [2.05, 4.69) is 18.2 Å². The van der Waals surface area contributed by atoms with Crippen LogP contribution in [-0.2, 0) is 4.79 Å². The molecule has 1 aromatic rings. The van der Waals surface area contributed by atoms with Gasteiger partial charge in [0.1, 0.15) is 5.78 Å². The zero-order chi connectivity index (χ0) is 11.5. The molecule has 1 heteroatoms. The molecule has 0 aromatic heterocycles. The fourth-order valence-corrected chi connectivity index (χ4v) is 1.11. The average Bonchev–Trinajstić information content (AvgIpc) is 2.20. The van der Waals surface area contributed by atoms with Gasteiger partial charge >= 0.3 is 0 Å². The lowest BCUT2D eigenvalue weighted by Crippen LogP contribution is -1.84. The summed E-state index contributed by atoms with van der Waals surface area (Å²) in [5.41, 5.74) is 1.26. The van der Waals surface area contributed by atoms with Crippen LogP contribution in [0, 0.1) is 0 Å². The second-order valence-electron chi connectivity index (χ2n) is 3.36. The van der Waals surface area contributed by atoms with Gasteiger partial charge in [0, 0.05) is 6.42 Å². The first-order valence-electron chi connectivity index (χ1n) is 5.37. The highest BCUT2D eigenvalue weighted by Gasteiger charge is 1.83. The molecule has 0 aliphatic heterocycles. The molecule has 15 heavy (non-hydrogen) atoms. The van der Waals surface area contributed by atoms with Crippen molar-refractivity contribution >= 4 is 11.9 Å². The maximum Gasteiger partial charge on any atom is 0.129 e. The Balaban J connectivity index is 0.000000288. The number of carbonyl (C=O) groups excluding carboxylic acids is 1. The zero-order valence-corrected chi connectivity index (χ0v) is 9.86. The highest BCUT2D eigenvalue weighted by Crippen LogP contribution is 1.99. The molecule has 0 bridgehead atoms. The van der Waals surface area contributed by atoms with Gasteiger partial charge in [0.05, 0.1) is 0 Å². The van der Waals surface area contributed by atoms with E-state index in [-0.39, 0.29) is 5.78 Å². The molecule has 1 aromatic carbocycles. The van der Waals surface area contributed by atoms with Crippen molar-refractivity contribution in [1.82, 2.24) is 0 Å². The molecular formula is C14H20O. The lowest BCUT2D eigenvalue weighted by Gasteiger charge is -1.86. The standard InChI is InChI=1S/C9H10.C5H10O/c1-2-6-9-7-4-3-5-8-9;1-3-4-5(2)6/h2-8H,1H3;3-4H2,1-2H3. The van der Waals surface area contributed by atoms with Crippen LogP contribution in [0.2, 0.25) is 0 Å². The number of allylic oxidation sites excluding steroid dienone is 1. The van der Waals surface area contributed by atoms with Crippen LogP contribution in [0.5, 0.6) is 0 Å². The number of hydrogen-bond acceptors (Lipinski definition) is 1. The minimum absolute atomic E-state index is 0.289. The molecular weight excluding hydrogens is 184 g/mol. The van der Waals surface area contributed by atoms with Crippen molar-refractivity contribution in [3.63, 3.8) is 0 Å². The molecule has 0 radical (unpaired) electrons. The van der Waals surface area contributed by atoms with Gasteiger partial charge in [-0.3, -0.25) is 0 Å². The highest BCUT2D eigenvalue weighted by atomic mass is 16.1. The van der Waals surface area contributed by atoms with E-state index in [0.717, 1.165) is 12.8 Å². The van der Waals surface area contributed by atoms with Gasteiger partial charge in [-0.2, -0.15) is 0 Å². The Morgan fingerprint density at radius 2 is 1.87 bits per heavy atom. The first-order chi connectivity index (χ1) is 7.20. The van der Waals surface area contributed by atoms with Crippen LogP contribution in [0.4, 0.5) is 0 Å². The molecule has 0 atom stereocenters. The van der Waals surface area contributed by atoms with Gasteiger partial charge in [0.25, 0.3) is 0 Å². The Morgan fingerprint density at radius 3 is 2.20 bits per heavy atom. The van der Waals surface area contributed by atoms with Crippen LogP contribution < -0.4 is 0 Å².